The van der Waals surface area contributed by atoms with Crippen molar-refractivity contribution in [3.63, 3.8) is 0 Å². The minimum Gasteiger partial charge on any atom is -0.325 e. The van der Waals surface area contributed by atoms with Gasteiger partial charge in [-0.1, -0.05) is 13.3 Å². The summed E-state index contributed by atoms with van der Waals surface area (Å²) >= 11 is 4.15. The van der Waals surface area contributed by atoms with Crippen molar-refractivity contribution in [1.82, 2.24) is 4.98 Å². The van der Waals surface area contributed by atoms with Crippen molar-refractivity contribution in [2.45, 2.75) is 37.5 Å². The Morgan fingerprint density at radius 3 is 3.14 bits per heavy atom. The molecular weight excluding hydrogens is 194 g/mol. The molecule has 0 aromatic carbocycles. The molecule has 1 unspecified atom stereocenters. The summed E-state index contributed by atoms with van der Waals surface area (Å²) in [7, 11) is 0. The van der Waals surface area contributed by atoms with E-state index in [0.29, 0.717) is 4.90 Å². The van der Waals surface area contributed by atoms with E-state index in [1.165, 1.54) is 18.4 Å². The van der Waals surface area contributed by atoms with Crippen LogP contribution in [0.1, 0.15) is 31.0 Å². The lowest BCUT2D eigenvalue weighted by molar-refractivity contribution is 0.526. The number of aryl methyl sites for hydroxylation is 1. The molecule has 1 aromatic rings. The highest BCUT2D eigenvalue weighted by atomic mass is 32.1. The molecule has 76 valence electrons. The number of thiol groups is 1. The maximum absolute atomic E-state index is 11.4. The molecule has 0 amide bonds. The van der Waals surface area contributed by atoms with Crippen LogP contribution in [0.4, 0.5) is 0 Å². The van der Waals surface area contributed by atoms with Gasteiger partial charge in [0, 0.05) is 5.69 Å². The van der Waals surface area contributed by atoms with Gasteiger partial charge in [0.15, 0.2) is 0 Å². The molecule has 1 aromatic heterocycles. The highest BCUT2D eigenvalue weighted by molar-refractivity contribution is 7.80. The van der Waals surface area contributed by atoms with Crippen molar-refractivity contribution in [2.75, 3.05) is 0 Å². The Morgan fingerprint density at radius 1 is 1.57 bits per heavy atom. The van der Waals surface area contributed by atoms with E-state index in [2.05, 4.69) is 24.5 Å². The number of aromatic amines is 1. The topological polar surface area (TPSA) is 32.9 Å². The van der Waals surface area contributed by atoms with Crippen LogP contribution in [-0.4, -0.2) is 4.98 Å². The van der Waals surface area contributed by atoms with Gasteiger partial charge >= 0.3 is 0 Å². The van der Waals surface area contributed by atoms with E-state index in [-0.39, 0.29) is 5.56 Å². The van der Waals surface area contributed by atoms with Gasteiger partial charge in [0.25, 0.3) is 5.56 Å². The summed E-state index contributed by atoms with van der Waals surface area (Å²) in [5, 5.41) is 0. The second-order valence-electron chi connectivity index (χ2n) is 4.19. The van der Waals surface area contributed by atoms with E-state index in [1.54, 1.807) is 0 Å². The molecule has 2 nitrogen and oxygen atoms in total. The van der Waals surface area contributed by atoms with Crippen LogP contribution in [0.3, 0.4) is 0 Å². The van der Waals surface area contributed by atoms with Crippen LogP contribution in [0.2, 0.25) is 0 Å². The van der Waals surface area contributed by atoms with Crippen molar-refractivity contribution in [1.29, 1.82) is 0 Å². The van der Waals surface area contributed by atoms with Crippen LogP contribution in [-0.2, 0) is 12.8 Å². The fraction of sp³-hybridized carbons (Fsp3) is 0.545. The highest BCUT2D eigenvalue weighted by Gasteiger charge is 2.14. The molecule has 0 spiro atoms. The average molecular weight is 209 g/mol. The summed E-state index contributed by atoms with van der Waals surface area (Å²) in [5.41, 5.74) is 2.35. The first kappa shape index (κ1) is 9.84. The number of aromatic nitrogens is 1. The highest BCUT2D eigenvalue weighted by Crippen LogP contribution is 2.23. The molecule has 1 aliphatic rings. The fourth-order valence-corrected chi connectivity index (χ4v) is 2.32. The minimum atomic E-state index is -0.0540. The lowest BCUT2D eigenvalue weighted by Gasteiger charge is -2.08. The maximum atomic E-state index is 11.4. The van der Waals surface area contributed by atoms with Gasteiger partial charge < -0.3 is 4.98 Å². The zero-order chi connectivity index (χ0) is 10.1. The van der Waals surface area contributed by atoms with E-state index in [0.717, 1.165) is 24.5 Å². The number of nitrogens with one attached hydrogen (secondary N) is 1. The second kappa shape index (κ2) is 3.81. The number of hydrogen-bond acceptors (Lipinski definition) is 2. The van der Waals surface area contributed by atoms with E-state index in [9.17, 15) is 4.79 Å². The molecule has 0 bridgehead atoms. The Balaban J connectivity index is 2.46. The standard InChI is InChI=1S/C11H15NOS/c1-7-3-2-4-9-8(5-7)6-10(14)11(13)12-9/h6-7,14H,2-5H2,1H3,(H,12,13). The molecule has 3 heteroatoms. The molecule has 0 radical (unpaired) electrons. The van der Waals surface area contributed by atoms with Gasteiger partial charge in [0.1, 0.15) is 0 Å². The van der Waals surface area contributed by atoms with Crippen LogP contribution in [0.25, 0.3) is 0 Å². The number of hydrogen-bond donors (Lipinski definition) is 2. The van der Waals surface area contributed by atoms with E-state index in [4.69, 9.17) is 0 Å². The summed E-state index contributed by atoms with van der Waals surface area (Å²) in [6.45, 7) is 2.26. The van der Waals surface area contributed by atoms with Gasteiger partial charge in [-0.3, -0.25) is 4.79 Å². The SMILES string of the molecule is CC1CCCc2[nH]c(=O)c(S)cc2C1. The van der Waals surface area contributed by atoms with E-state index < -0.39 is 0 Å². The third-order valence-corrected chi connectivity index (χ3v) is 3.22. The van der Waals surface area contributed by atoms with Crippen LogP contribution in [0.15, 0.2) is 15.8 Å². The smallest absolute Gasteiger partial charge is 0.261 e. The van der Waals surface area contributed by atoms with Crippen LogP contribution in [0.5, 0.6) is 0 Å². The molecular formula is C11H15NOS. The van der Waals surface area contributed by atoms with Gasteiger partial charge in [-0.2, -0.15) is 0 Å². The van der Waals surface area contributed by atoms with E-state index in [1.807, 2.05) is 6.07 Å². The quantitative estimate of drug-likeness (QED) is 0.498. The first-order valence-electron chi connectivity index (χ1n) is 5.11. The van der Waals surface area contributed by atoms with Crippen molar-refractivity contribution < 1.29 is 0 Å². The Bertz CT molecular complexity index is 397. The van der Waals surface area contributed by atoms with Crippen LogP contribution < -0.4 is 5.56 Å². The summed E-state index contributed by atoms with van der Waals surface area (Å²) in [6, 6.07) is 1.93. The molecule has 1 heterocycles. The van der Waals surface area contributed by atoms with Crippen molar-refractivity contribution in [3.8, 4) is 0 Å². The zero-order valence-electron chi connectivity index (χ0n) is 8.34. The second-order valence-corrected chi connectivity index (χ2v) is 4.67. The lowest BCUT2D eigenvalue weighted by Crippen LogP contribution is -2.12. The third-order valence-electron chi connectivity index (χ3n) is 2.89. The predicted octanol–water partition coefficient (Wildman–Crippen LogP) is 2.18. The van der Waals surface area contributed by atoms with Crippen LogP contribution in [0, 0.1) is 5.92 Å². The van der Waals surface area contributed by atoms with Crippen molar-refractivity contribution in [2.24, 2.45) is 5.92 Å². The third kappa shape index (κ3) is 1.87. The van der Waals surface area contributed by atoms with Gasteiger partial charge in [0.2, 0.25) is 0 Å². The maximum Gasteiger partial charge on any atom is 0.261 e. The van der Waals surface area contributed by atoms with Gasteiger partial charge in [-0.05, 0) is 36.8 Å². The molecule has 0 saturated carbocycles. The summed E-state index contributed by atoms with van der Waals surface area (Å²) in [6.07, 6.45) is 4.50. The van der Waals surface area contributed by atoms with Crippen molar-refractivity contribution >= 4 is 12.6 Å². The molecule has 0 fully saturated rings. The number of fused-ring (bicyclic) bond motifs is 1. The lowest BCUT2D eigenvalue weighted by atomic mass is 10.0. The molecule has 0 saturated heterocycles. The van der Waals surface area contributed by atoms with Gasteiger partial charge in [0.05, 0.1) is 4.90 Å². The number of pyridine rings is 1. The Morgan fingerprint density at radius 2 is 2.36 bits per heavy atom. The number of rotatable bonds is 0. The van der Waals surface area contributed by atoms with Crippen LogP contribution >= 0.6 is 12.6 Å². The van der Waals surface area contributed by atoms with Crippen molar-refractivity contribution in [3.05, 3.63) is 27.7 Å². The molecule has 14 heavy (non-hydrogen) atoms. The van der Waals surface area contributed by atoms with E-state index >= 15 is 0 Å². The van der Waals surface area contributed by atoms with Gasteiger partial charge in [-0.15, -0.1) is 12.6 Å². The molecule has 1 aliphatic carbocycles. The molecule has 1 N–H and O–H groups in total. The zero-order valence-corrected chi connectivity index (χ0v) is 9.23. The molecule has 0 aliphatic heterocycles. The Kier molecular flexibility index (Phi) is 2.68. The first-order chi connectivity index (χ1) is 6.66. The average Bonchev–Trinajstić information content (AvgIpc) is 2.28. The minimum absolute atomic E-state index is 0.0540. The predicted molar refractivity (Wildman–Crippen MR) is 60.1 cm³/mol. The summed E-state index contributed by atoms with van der Waals surface area (Å²) < 4.78 is 0. The largest absolute Gasteiger partial charge is 0.325 e. The first-order valence-corrected chi connectivity index (χ1v) is 5.55. The fourth-order valence-electron chi connectivity index (χ4n) is 2.11. The normalized spacial score (nSPS) is 21.4. The Hall–Kier alpha value is -0.700. The Labute approximate surface area is 89.2 Å². The molecule has 2 rings (SSSR count). The molecule has 1 atom stereocenters. The number of H-pyrrole nitrogens is 1. The summed E-state index contributed by atoms with van der Waals surface area (Å²) in [4.78, 5) is 14.8. The summed E-state index contributed by atoms with van der Waals surface area (Å²) in [5.74, 6) is 0.717. The van der Waals surface area contributed by atoms with Gasteiger partial charge in [-0.25, -0.2) is 0 Å². The monoisotopic (exact) mass is 209 g/mol.